The molecule has 0 heterocycles. The maximum atomic E-state index is 3.44. The van der Waals surface area contributed by atoms with Crippen molar-refractivity contribution in [2.45, 2.75) is 26.8 Å². The topological polar surface area (TPSA) is 15.3 Å². The molecule has 14 heavy (non-hydrogen) atoms. The van der Waals surface area contributed by atoms with E-state index < -0.39 is 0 Å². The lowest BCUT2D eigenvalue weighted by atomic mass is 10.0. The quantitative estimate of drug-likeness (QED) is 0.670. The first-order valence-electron chi connectivity index (χ1n) is 5.53. The molecular formula is C11H26N2S. The van der Waals surface area contributed by atoms with Crippen molar-refractivity contribution in [1.82, 2.24) is 10.2 Å². The van der Waals surface area contributed by atoms with E-state index in [1.54, 1.807) is 0 Å². The van der Waals surface area contributed by atoms with E-state index in [1.165, 1.54) is 12.3 Å². The van der Waals surface area contributed by atoms with Gasteiger partial charge in [-0.15, -0.1) is 0 Å². The number of thioether (sulfide) groups is 1. The zero-order chi connectivity index (χ0) is 11.0. The van der Waals surface area contributed by atoms with E-state index in [0.29, 0.717) is 6.04 Å². The van der Waals surface area contributed by atoms with E-state index in [1.807, 2.05) is 11.8 Å². The predicted octanol–water partition coefficient (Wildman–Crippen LogP) is 1.92. The smallest absolute Gasteiger partial charge is 0.0240 e. The summed E-state index contributed by atoms with van der Waals surface area (Å²) >= 11 is 1.92. The molecule has 0 aliphatic rings. The molecule has 1 atom stereocenters. The van der Waals surface area contributed by atoms with Crippen molar-refractivity contribution in [1.29, 1.82) is 0 Å². The van der Waals surface area contributed by atoms with Crippen LogP contribution < -0.4 is 5.32 Å². The van der Waals surface area contributed by atoms with Crippen molar-refractivity contribution in [2.24, 2.45) is 5.92 Å². The number of nitrogens with one attached hydrogen (secondary N) is 1. The van der Waals surface area contributed by atoms with Crippen molar-refractivity contribution < 1.29 is 0 Å². The van der Waals surface area contributed by atoms with Gasteiger partial charge in [-0.05, 0) is 25.8 Å². The lowest BCUT2D eigenvalue weighted by molar-refractivity contribution is 0.198. The molecule has 86 valence electrons. The zero-order valence-electron chi connectivity index (χ0n) is 10.3. The average molecular weight is 218 g/mol. The standard InChI is InChI=1S/C11H26N2S/c1-6-12-9-11(10(2)3)13(4)7-8-14-5/h10-12H,6-9H2,1-5H3. The van der Waals surface area contributed by atoms with Gasteiger partial charge in [-0.3, -0.25) is 0 Å². The minimum atomic E-state index is 0.669. The van der Waals surface area contributed by atoms with Crippen LogP contribution in [0.15, 0.2) is 0 Å². The summed E-state index contributed by atoms with van der Waals surface area (Å²) in [4.78, 5) is 2.48. The van der Waals surface area contributed by atoms with Crippen molar-refractivity contribution in [3.63, 3.8) is 0 Å². The molecule has 0 spiro atoms. The summed E-state index contributed by atoms with van der Waals surface area (Å²) in [7, 11) is 2.23. The van der Waals surface area contributed by atoms with Gasteiger partial charge in [-0.1, -0.05) is 20.8 Å². The second-order valence-electron chi connectivity index (χ2n) is 4.09. The maximum Gasteiger partial charge on any atom is 0.0240 e. The van der Waals surface area contributed by atoms with Gasteiger partial charge in [0.1, 0.15) is 0 Å². The first-order chi connectivity index (χ1) is 6.63. The normalized spacial score (nSPS) is 13.9. The van der Waals surface area contributed by atoms with Gasteiger partial charge in [-0.25, -0.2) is 0 Å². The number of likely N-dealkylation sites (N-methyl/N-ethyl adjacent to an activating group) is 2. The highest BCUT2D eigenvalue weighted by atomic mass is 32.2. The molecule has 0 saturated carbocycles. The Labute approximate surface area is 93.8 Å². The first kappa shape index (κ1) is 14.3. The molecule has 0 aromatic rings. The van der Waals surface area contributed by atoms with Crippen LogP contribution in [0.5, 0.6) is 0 Å². The van der Waals surface area contributed by atoms with E-state index in [4.69, 9.17) is 0 Å². The van der Waals surface area contributed by atoms with Gasteiger partial charge in [0.05, 0.1) is 0 Å². The van der Waals surface area contributed by atoms with Crippen LogP contribution in [-0.2, 0) is 0 Å². The summed E-state index contributed by atoms with van der Waals surface area (Å²) < 4.78 is 0. The van der Waals surface area contributed by atoms with Gasteiger partial charge in [-0.2, -0.15) is 11.8 Å². The molecule has 0 aromatic heterocycles. The van der Waals surface area contributed by atoms with Gasteiger partial charge in [0.15, 0.2) is 0 Å². The van der Waals surface area contributed by atoms with Gasteiger partial charge in [0.2, 0.25) is 0 Å². The molecule has 0 amide bonds. The fraction of sp³-hybridized carbons (Fsp3) is 1.00. The van der Waals surface area contributed by atoms with E-state index in [2.05, 4.69) is 44.3 Å². The molecule has 0 rings (SSSR count). The molecular weight excluding hydrogens is 192 g/mol. The highest BCUT2D eigenvalue weighted by Gasteiger charge is 2.17. The Morgan fingerprint density at radius 2 is 2.00 bits per heavy atom. The van der Waals surface area contributed by atoms with Gasteiger partial charge >= 0.3 is 0 Å². The summed E-state index contributed by atoms with van der Waals surface area (Å²) in [6.07, 6.45) is 2.17. The van der Waals surface area contributed by atoms with E-state index in [-0.39, 0.29) is 0 Å². The molecule has 0 fully saturated rings. The lowest BCUT2D eigenvalue weighted by Gasteiger charge is -2.31. The minimum absolute atomic E-state index is 0.669. The second kappa shape index (κ2) is 8.57. The van der Waals surface area contributed by atoms with E-state index in [9.17, 15) is 0 Å². The molecule has 0 bridgehead atoms. The molecule has 1 unspecified atom stereocenters. The van der Waals surface area contributed by atoms with Crippen molar-refractivity contribution in [2.75, 3.05) is 38.7 Å². The largest absolute Gasteiger partial charge is 0.315 e. The zero-order valence-corrected chi connectivity index (χ0v) is 11.2. The molecule has 0 aliphatic carbocycles. The fourth-order valence-corrected chi connectivity index (χ4v) is 2.06. The molecule has 0 aliphatic heterocycles. The first-order valence-corrected chi connectivity index (χ1v) is 6.92. The Morgan fingerprint density at radius 1 is 1.36 bits per heavy atom. The number of rotatable bonds is 8. The Kier molecular flexibility index (Phi) is 8.73. The van der Waals surface area contributed by atoms with Crippen LogP contribution in [0.4, 0.5) is 0 Å². The van der Waals surface area contributed by atoms with Crippen LogP contribution in [0, 0.1) is 5.92 Å². The fourth-order valence-electron chi connectivity index (χ4n) is 1.59. The van der Waals surface area contributed by atoms with Crippen LogP contribution >= 0.6 is 11.8 Å². The SMILES string of the molecule is CCNCC(C(C)C)N(C)CCSC. The third-order valence-electron chi connectivity index (χ3n) is 2.59. The Balaban J connectivity index is 3.91. The van der Waals surface area contributed by atoms with Crippen molar-refractivity contribution >= 4 is 11.8 Å². The van der Waals surface area contributed by atoms with Crippen LogP contribution in [0.1, 0.15) is 20.8 Å². The molecule has 0 aromatic carbocycles. The number of nitrogens with zero attached hydrogens (tertiary/aromatic N) is 1. The van der Waals surface area contributed by atoms with Gasteiger partial charge < -0.3 is 10.2 Å². The summed E-state index contributed by atoms with van der Waals surface area (Å²) in [5, 5.41) is 3.44. The number of hydrogen-bond donors (Lipinski definition) is 1. The van der Waals surface area contributed by atoms with Crippen LogP contribution in [0.3, 0.4) is 0 Å². The molecule has 0 saturated heterocycles. The van der Waals surface area contributed by atoms with Crippen molar-refractivity contribution in [3.8, 4) is 0 Å². The third-order valence-corrected chi connectivity index (χ3v) is 3.18. The summed E-state index contributed by atoms with van der Waals surface area (Å²) in [6, 6.07) is 0.669. The van der Waals surface area contributed by atoms with Crippen LogP contribution in [0.25, 0.3) is 0 Å². The maximum absolute atomic E-state index is 3.44. The van der Waals surface area contributed by atoms with Gasteiger partial charge in [0.25, 0.3) is 0 Å². The summed E-state index contributed by atoms with van der Waals surface area (Å²) in [5.74, 6) is 1.95. The van der Waals surface area contributed by atoms with Crippen molar-refractivity contribution in [3.05, 3.63) is 0 Å². The highest BCUT2D eigenvalue weighted by Crippen LogP contribution is 2.08. The molecule has 3 heteroatoms. The highest BCUT2D eigenvalue weighted by molar-refractivity contribution is 7.98. The average Bonchev–Trinajstić information content (AvgIpc) is 2.14. The minimum Gasteiger partial charge on any atom is -0.315 e. The molecule has 1 N–H and O–H groups in total. The van der Waals surface area contributed by atoms with Gasteiger partial charge in [0, 0.05) is 24.9 Å². The Bertz CT molecular complexity index is 128. The molecule has 0 radical (unpaired) electrons. The molecule has 2 nitrogen and oxygen atoms in total. The second-order valence-corrected chi connectivity index (χ2v) is 5.08. The monoisotopic (exact) mass is 218 g/mol. The van der Waals surface area contributed by atoms with E-state index >= 15 is 0 Å². The third kappa shape index (κ3) is 5.89. The van der Waals surface area contributed by atoms with E-state index in [0.717, 1.165) is 19.0 Å². The predicted molar refractivity (Wildman–Crippen MR) is 68.2 cm³/mol. The summed E-state index contributed by atoms with van der Waals surface area (Å²) in [5.41, 5.74) is 0. The van der Waals surface area contributed by atoms with Crippen LogP contribution in [-0.4, -0.2) is 49.6 Å². The number of hydrogen-bond acceptors (Lipinski definition) is 3. The Morgan fingerprint density at radius 3 is 2.43 bits per heavy atom. The Hall–Kier alpha value is 0.270. The lowest BCUT2D eigenvalue weighted by Crippen LogP contribution is -2.44. The summed E-state index contributed by atoms with van der Waals surface area (Å²) in [6.45, 7) is 10.1. The van der Waals surface area contributed by atoms with Crippen LogP contribution in [0.2, 0.25) is 0 Å².